The van der Waals surface area contributed by atoms with Crippen LogP contribution in [0.15, 0.2) is 24.3 Å². The van der Waals surface area contributed by atoms with Gasteiger partial charge in [0.2, 0.25) is 5.91 Å². The van der Waals surface area contributed by atoms with E-state index in [9.17, 15) is 9.59 Å². The van der Waals surface area contributed by atoms with Crippen molar-refractivity contribution in [2.45, 2.75) is 44.6 Å². The van der Waals surface area contributed by atoms with E-state index in [1.54, 1.807) is 0 Å². The van der Waals surface area contributed by atoms with Crippen molar-refractivity contribution in [1.29, 1.82) is 0 Å². The third-order valence-corrected chi connectivity index (χ3v) is 5.04. The van der Waals surface area contributed by atoms with Crippen LogP contribution >= 0.6 is 0 Å². The van der Waals surface area contributed by atoms with E-state index in [4.69, 9.17) is 5.11 Å². The number of benzene rings is 1. The monoisotopic (exact) mass is 287 g/mol. The van der Waals surface area contributed by atoms with Gasteiger partial charge in [-0.2, -0.15) is 0 Å². The zero-order chi connectivity index (χ0) is 15.0. The largest absolute Gasteiger partial charge is 0.481 e. The predicted octanol–water partition coefficient (Wildman–Crippen LogP) is 2.85. The van der Waals surface area contributed by atoms with Gasteiger partial charge in [-0.05, 0) is 42.7 Å². The maximum absolute atomic E-state index is 12.3. The van der Waals surface area contributed by atoms with Gasteiger partial charge in [0.1, 0.15) is 0 Å². The predicted molar refractivity (Wildman–Crippen MR) is 78.8 cm³/mol. The van der Waals surface area contributed by atoms with E-state index in [0.29, 0.717) is 18.8 Å². The Balaban J connectivity index is 1.73. The molecule has 4 atom stereocenters. The number of hydrogen-bond donors (Lipinski definition) is 2. The molecule has 0 bridgehead atoms. The summed E-state index contributed by atoms with van der Waals surface area (Å²) in [6.45, 7) is 2.21. The van der Waals surface area contributed by atoms with E-state index in [-0.39, 0.29) is 17.9 Å². The Labute approximate surface area is 124 Å². The standard InChI is InChI=1S/C17H21NO3/c1-10-6-9-15(12-5-3-2-4-11(10)12)18-16(19)13-7-8-14(13)17(20)21/h2-5,10,13-15H,6-9H2,1H3,(H,18,19)(H,20,21). The summed E-state index contributed by atoms with van der Waals surface area (Å²) in [4.78, 5) is 23.4. The second-order valence-electron chi connectivity index (χ2n) is 6.30. The number of fused-ring (bicyclic) bond motifs is 1. The van der Waals surface area contributed by atoms with Gasteiger partial charge < -0.3 is 10.4 Å². The van der Waals surface area contributed by atoms with Gasteiger partial charge in [-0.1, -0.05) is 31.2 Å². The Bertz CT molecular complexity index is 569. The molecule has 1 fully saturated rings. The minimum atomic E-state index is -0.848. The second kappa shape index (κ2) is 5.51. The third-order valence-electron chi connectivity index (χ3n) is 5.04. The summed E-state index contributed by atoms with van der Waals surface area (Å²) in [5.41, 5.74) is 2.49. The molecule has 4 nitrogen and oxygen atoms in total. The molecule has 0 aliphatic heterocycles. The molecule has 4 unspecified atom stereocenters. The molecule has 0 spiro atoms. The van der Waals surface area contributed by atoms with Gasteiger partial charge in [-0.25, -0.2) is 0 Å². The second-order valence-corrected chi connectivity index (χ2v) is 6.30. The molecule has 1 aromatic carbocycles. The smallest absolute Gasteiger partial charge is 0.307 e. The molecule has 112 valence electrons. The first-order valence-corrected chi connectivity index (χ1v) is 7.70. The summed E-state index contributed by atoms with van der Waals surface area (Å²) in [6, 6.07) is 8.26. The van der Waals surface area contributed by atoms with E-state index in [0.717, 1.165) is 12.8 Å². The SMILES string of the molecule is CC1CCC(NC(=O)C2CCC2C(=O)O)c2ccccc21. The number of hydrogen-bond acceptors (Lipinski definition) is 2. The van der Waals surface area contributed by atoms with Gasteiger partial charge in [0, 0.05) is 0 Å². The van der Waals surface area contributed by atoms with Crippen LogP contribution in [0, 0.1) is 11.8 Å². The number of amides is 1. The molecular weight excluding hydrogens is 266 g/mol. The van der Waals surface area contributed by atoms with Crippen LogP contribution in [0.25, 0.3) is 0 Å². The number of carbonyl (C=O) groups is 2. The Morgan fingerprint density at radius 3 is 2.33 bits per heavy atom. The van der Waals surface area contributed by atoms with Gasteiger partial charge in [0.05, 0.1) is 17.9 Å². The lowest BCUT2D eigenvalue weighted by atomic mass is 9.72. The average molecular weight is 287 g/mol. The minimum absolute atomic E-state index is 0.0277. The van der Waals surface area contributed by atoms with Gasteiger partial charge in [0.25, 0.3) is 0 Å². The van der Waals surface area contributed by atoms with Crippen LogP contribution in [0.5, 0.6) is 0 Å². The van der Waals surface area contributed by atoms with E-state index in [2.05, 4.69) is 24.4 Å². The third kappa shape index (κ3) is 2.55. The molecule has 0 radical (unpaired) electrons. The van der Waals surface area contributed by atoms with Crippen LogP contribution in [0.2, 0.25) is 0 Å². The van der Waals surface area contributed by atoms with Crippen LogP contribution in [0.3, 0.4) is 0 Å². The van der Waals surface area contributed by atoms with Crippen molar-refractivity contribution >= 4 is 11.9 Å². The number of nitrogens with one attached hydrogen (secondary N) is 1. The maximum Gasteiger partial charge on any atom is 0.307 e. The van der Waals surface area contributed by atoms with E-state index < -0.39 is 11.9 Å². The highest BCUT2D eigenvalue weighted by molar-refractivity contribution is 5.86. The molecule has 3 rings (SSSR count). The fourth-order valence-electron chi connectivity index (χ4n) is 3.54. The van der Waals surface area contributed by atoms with Crippen LogP contribution in [-0.2, 0) is 9.59 Å². The van der Waals surface area contributed by atoms with Crippen LogP contribution < -0.4 is 5.32 Å². The van der Waals surface area contributed by atoms with Crippen LogP contribution in [-0.4, -0.2) is 17.0 Å². The fourth-order valence-corrected chi connectivity index (χ4v) is 3.54. The summed E-state index contributed by atoms with van der Waals surface area (Å²) in [7, 11) is 0. The van der Waals surface area contributed by atoms with Crippen molar-refractivity contribution in [3.63, 3.8) is 0 Å². The molecule has 1 amide bonds. The normalized spacial score (nSPS) is 30.9. The van der Waals surface area contributed by atoms with Crippen molar-refractivity contribution in [3.05, 3.63) is 35.4 Å². The molecule has 1 saturated carbocycles. The molecule has 4 heteroatoms. The quantitative estimate of drug-likeness (QED) is 0.898. The zero-order valence-electron chi connectivity index (χ0n) is 12.2. The topological polar surface area (TPSA) is 66.4 Å². The highest BCUT2D eigenvalue weighted by Crippen LogP contribution is 2.39. The number of aliphatic carboxylic acids is 1. The Morgan fingerprint density at radius 1 is 1.05 bits per heavy atom. The van der Waals surface area contributed by atoms with E-state index in [1.807, 2.05) is 12.1 Å². The summed E-state index contributed by atoms with van der Waals surface area (Å²) < 4.78 is 0. The first kappa shape index (κ1) is 14.1. The molecular formula is C17H21NO3. The highest BCUT2D eigenvalue weighted by atomic mass is 16.4. The lowest BCUT2D eigenvalue weighted by Crippen LogP contribution is -2.45. The molecule has 0 saturated heterocycles. The lowest BCUT2D eigenvalue weighted by molar-refractivity contribution is -0.153. The summed E-state index contributed by atoms with van der Waals surface area (Å²) in [6.07, 6.45) is 3.28. The van der Waals surface area contributed by atoms with Crippen molar-refractivity contribution in [1.82, 2.24) is 5.32 Å². The highest BCUT2D eigenvalue weighted by Gasteiger charge is 2.42. The van der Waals surface area contributed by atoms with Gasteiger partial charge in [0.15, 0.2) is 0 Å². The van der Waals surface area contributed by atoms with Crippen molar-refractivity contribution in [2.24, 2.45) is 11.8 Å². The molecule has 2 N–H and O–H groups in total. The number of carboxylic acid groups (broad SMARTS) is 1. The summed E-state index contributed by atoms with van der Waals surface area (Å²) in [5.74, 6) is -1.27. The maximum atomic E-state index is 12.3. The summed E-state index contributed by atoms with van der Waals surface area (Å²) >= 11 is 0. The van der Waals surface area contributed by atoms with Crippen molar-refractivity contribution in [2.75, 3.05) is 0 Å². The molecule has 2 aliphatic rings. The Morgan fingerprint density at radius 2 is 1.71 bits per heavy atom. The molecule has 0 heterocycles. The number of rotatable bonds is 3. The molecule has 0 aromatic heterocycles. The number of carboxylic acids is 1. The minimum Gasteiger partial charge on any atom is -0.481 e. The zero-order valence-corrected chi connectivity index (χ0v) is 12.2. The molecule has 1 aromatic rings. The Hall–Kier alpha value is -1.84. The van der Waals surface area contributed by atoms with Gasteiger partial charge in [-0.3, -0.25) is 9.59 Å². The first-order valence-electron chi connectivity index (χ1n) is 7.70. The van der Waals surface area contributed by atoms with Crippen molar-refractivity contribution < 1.29 is 14.7 Å². The lowest BCUT2D eigenvalue weighted by Gasteiger charge is -2.35. The van der Waals surface area contributed by atoms with Crippen LogP contribution in [0.1, 0.15) is 55.7 Å². The average Bonchev–Trinajstić information content (AvgIpc) is 2.40. The van der Waals surface area contributed by atoms with Crippen LogP contribution in [0.4, 0.5) is 0 Å². The first-order chi connectivity index (χ1) is 10.1. The molecule has 2 aliphatic carbocycles. The van der Waals surface area contributed by atoms with Gasteiger partial charge in [-0.15, -0.1) is 0 Å². The fraction of sp³-hybridized carbons (Fsp3) is 0.529. The van der Waals surface area contributed by atoms with Crippen molar-refractivity contribution in [3.8, 4) is 0 Å². The summed E-state index contributed by atoms with van der Waals surface area (Å²) in [5, 5.41) is 12.2. The molecule has 21 heavy (non-hydrogen) atoms. The Kier molecular flexibility index (Phi) is 3.70. The number of carbonyl (C=O) groups excluding carboxylic acids is 1. The van der Waals surface area contributed by atoms with Gasteiger partial charge >= 0.3 is 5.97 Å². The van der Waals surface area contributed by atoms with E-state index >= 15 is 0 Å². The van der Waals surface area contributed by atoms with E-state index in [1.165, 1.54) is 11.1 Å².